The summed E-state index contributed by atoms with van der Waals surface area (Å²) in [6.07, 6.45) is 4.80. The number of aliphatic hydroxyl groups is 1. The zero-order chi connectivity index (χ0) is 30.7. The Morgan fingerprint density at radius 2 is 1.83 bits per heavy atom. The van der Waals surface area contributed by atoms with E-state index in [1.54, 1.807) is 18.9 Å². The molecule has 0 aromatic carbocycles. The number of allylic oxidation sites excluding steroid dienone is 3. The summed E-state index contributed by atoms with van der Waals surface area (Å²) in [5.41, 5.74) is 0.569. The van der Waals surface area contributed by atoms with Gasteiger partial charge in [-0.05, 0) is 52.5 Å². The topological polar surface area (TPSA) is 116 Å². The lowest BCUT2D eigenvalue weighted by molar-refractivity contribution is -0.154. The third-order valence-corrected chi connectivity index (χ3v) is 7.92. The molecule has 2 aliphatic heterocycles. The SMILES string of the molecule is COC(=O)C[C@H]1C[C@@H](OC(=O)N2CCNCC2)[C@H](C)[C@@H](/C(C)=C/C=C/[C@@H](C)CC(C)(C)OC(C)[C@@H](OC)[C@@H](C)O)O1. The van der Waals surface area contributed by atoms with E-state index < -0.39 is 23.9 Å². The summed E-state index contributed by atoms with van der Waals surface area (Å²) in [4.78, 5) is 26.7. The summed E-state index contributed by atoms with van der Waals surface area (Å²) in [7, 11) is 2.94. The van der Waals surface area contributed by atoms with Crippen LogP contribution in [0.5, 0.6) is 0 Å². The van der Waals surface area contributed by atoms with Crippen molar-refractivity contribution in [2.75, 3.05) is 40.4 Å². The minimum atomic E-state index is -0.627. The van der Waals surface area contributed by atoms with E-state index in [1.165, 1.54) is 7.11 Å². The van der Waals surface area contributed by atoms with Gasteiger partial charge >= 0.3 is 12.1 Å². The summed E-state index contributed by atoms with van der Waals surface area (Å²) < 4.78 is 28.9. The highest BCUT2D eigenvalue weighted by molar-refractivity contribution is 5.70. The molecule has 0 aromatic heterocycles. The summed E-state index contributed by atoms with van der Waals surface area (Å²) >= 11 is 0. The van der Waals surface area contributed by atoms with Crippen LogP contribution in [0.2, 0.25) is 0 Å². The van der Waals surface area contributed by atoms with Crippen LogP contribution in [-0.4, -0.2) is 105 Å². The molecular weight excluding hydrogens is 528 g/mol. The van der Waals surface area contributed by atoms with Crippen LogP contribution in [-0.2, 0) is 28.5 Å². The van der Waals surface area contributed by atoms with E-state index in [9.17, 15) is 14.7 Å². The van der Waals surface area contributed by atoms with Crippen LogP contribution >= 0.6 is 0 Å². The second-order valence-electron chi connectivity index (χ2n) is 12.2. The first-order chi connectivity index (χ1) is 19.3. The summed E-state index contributed by atoms with van der Waals surface area (Å²) in [6.45, 7) is 16.6. The molecule has 2 fully saturated rings. The third kappa shape index (κ3) is 11.3. The Bertz CT molecular complexity index is 883. The van der Waals surface area contributed by atoms with Gasteiger partial charge < -0.3 is 39.0 Å². The Morgan fingerprint density at radius 1 is 1.17 bits per heavy atom. The van der Waals surface area contributed by atoms with Crippen LogP contribution < -0.4 is 5.32 Å². The van der Waals surface area contributed by atoms with Gasteiger partial charge in [-0.15, -0.1) is 0 Å². The van der Waals surface area contributed by atoms with Crippen molar-refractivity contribution in [1.82, 2.24) is 10.2 Å². The second kappa shape index (κ2) is 16.6. The number of methoxy groups -OCH3 is 2. The van der Waals surface area contributed by atoms with E-state index in [0.29, 0.717) is 19.5 Å². The van der Waals surface area contributed by atoms with E-state index >= 15 is 0 Å². The van der Waals surface area contributed by atoms with Gasteiger partial charge in [0.1, 0.15) is 12.2 Å². The van der Waals surface area contributed by atoms with Crippen molar-refractivity contribution >= 4 is 12.1 Å². The molecule has 10 nitrogen and oxygen atoms in total. The van der Waals surface area contributed by atoms with Gasteiger partial charge in [-0.25, -0.2) is 4.79 Å². The molecule has 10 heteroatoms. The number of carbonyl (C=O) groups excluding carboxylic acids is 2. The largest absolute Gasteiger partial charge is 0.469 e. The van der Waals surface area contributed by atoms with E-state index in [0.717, 1.165) is 25.1 Å². The molecule has 2 N–H and O–H groups in total. The molecule has 41 heavy (non-hydrogen) atoms. The highest BCUT2D eigenvalue weighted by atomic mass is 16.6. The number of nitrogens with one attached hydrogen (secondary N) is 1. The minimum absolute atomic E-state index is 0.0886. The zero-order valence-electron chi connectivity index (χ0n) is 26.6. The van der Waals surface area contributed by atoms with E-state index in [4.69, 9.17) is 23.7 Å². The Morgan fingerprint density at radius 3 is 2.41 bits per heavy atom. The number of hydrogen-bond acceptors (Lipinski definition) is 9. The number of rotatable bonds is 13. The minimum Gasteiger partial charge on any atom is -0.469 e. The fraction of sp³-hybridized carbons (Fsp3) is 0.806. The van der Waals surface area contributed by atoms with E-state index in [2.05, 4.69) is 18.3 Å². The Balaban J connectivity index is 2.07. The van der Waals surface area contributed by atoms with Gasteiger partial charge in [0.15, 0.2) is 0 Å². The lowest BCUT2D eigenvalue weighted by atomic mass is 9.85. The molecule has 2 rings (SSSR count). The molecule has 2 heterocycles. The summed E-state index contributed by atoms with van der Waals surface area (Å²) in [5, 5.41) is 13.2. The first kappa shape index (κ1) is 35.2. The van der Waals surface area contributed by atoms with Crippen LogP contribution in [0.1, 0.15) is 67.7 Å². The number of carbonyl (C=O) groups is 2. The molecule has 2 aliphatic rings. The zero-order valence-corrected chi connectivity index (χ0v) is 26.6. The van der Waals surface area contributed by atoms with E-state index in [1.807, 2.05) is 46.8 Å². The van der Waals surface area contributed by atoms with Crippen LogP contribution in [0.3, 0.4) is 0 Å². The van der Waals surface area contributed by atoms with Gasteiger partial charge in [0.05, 0.1) is 43.5 Å². The van der Waals surface area contributed by atoms with Crippen LogP contribution in [0.4, 0.5) is 4.79 Å². The second-order valence-corrected chi connectivity index (χ2v) is 12.2. The van der Waals surface area contributed by atoms with Crippen molar-refractivity contribution in [2.45, 2.75) is 110 Å². The molecule has 0 saturated carbocycles. The average molecular weight is 583 g/mol. The average Bonchev–Trinajstić information content (AvgIpc) is 2.90. The maximum atomic E-state index is 12.9. The van der Waals surface area contributed by atoms with Crippen molar-refractivity contribution in [1.29, 1.82) is 0 Å². The van der Waals surface area contributed by atoms with Gasteiger partial charge in [-0.1, -0.05) is 32.1 Å². The van der Waals surface area contributed by atoms with Crippen LogP contribution in [0.25, 0.3) is 0 Å². The standard InChI is InChI=1S/C31H54N2O8/c1-20(19-31(6,7)41-24(5)29(38-9)23(4)34)11-10-12-21(2)28-22(3)26(17-25(39-28)18-27(35)37-8)40-30(36)33-15-13-32-14-16-33/h10-12,20,22-26,28-29,32,34H,13-19H2,1-9H3/b11-10+,21-12+/t20-,22+,23-,24?,25-,26-,28-,29+/m1/s1. The van der Waals surface area contributed by atoms with E-state index in [-0.39, 0.29) is 48.6 Å². The van der Waals surface area contributed by atoms with Gasteiger partial charge in [0.2, 0.25) is 0 Å². The van der Waals surface area contributed by atoms with Crippen molar-refractivity contribution in [3.05, 3.63) is 23.8 Å². The predicted octanol–water partition coefficient (Wildman–Crippen LogP) is 3.86. The molecule has 0 bridgehead atoms. The molecule has 2 saturated heterocycles. The number of ether oxygens (including phenoxy) is 5. The van der Waals surface area contributed by atoms with Crippen LogP contribution in [0.15, 0.2) is 23.8 Å². The molecule has 0 radical (unpaired) electrons. The molecule has 0 spiro atoms. The lowest BCUT2D eigenvalue weighted by Crippen LogP contribution is -2.50. The maximum Gasteiger partial charge on any atom is 0.410 e. The molecular formula is C31H54N2O8. The Kier molecular flexibility index (Phi) is 14.3. The first-order valence-electron chi connectivity index (χ1n) is 14.9. The maximum absolute atomic E-state index is 12.9. The molecule has 1 unspecified atom stereocenters. The molecule has 8 atom stereocenters. The number of piperazine rings is 1. The van der Waals surface area contributed by atoms with Gasteiger partial charge in [-0.3, -0.25) is 4.79 Å². The molecule has 236 valence electrons. The highest BCUT2D eigenvalue weighted by Gasteiger charge is 2.40. The summed E-state index contributed by atoms with van der Waals surface area (Å²) in [6, 6.07) is 0. The van der Waals surface area contributed by atoms with Gasteiger partial charge in [0.25, 0.3) is 0 Å². The monoisotopic (exact) mass is 582 g/mol. The normalized spacial score (nSPS) is 27.3. The molecule has 0 aliphatic carbocycles. The van der Waals surface area contributed by atoms with Crippen LogP contribution in [0, 0.1) is 11.8 Å². The fourth-order valence-corrected chi connectivity index (χ4v) is 5.92. The molecule has 0 aromatic rings. The summed E-state index contributed by atoms with van der Waals surface area (Å²) in [5.74, 6) is -0.220. The number of esters is 1. The fourth-order valence-electron chi connectivity index (χ4n) is 5.92. The smallest absolute Gasteiger partial charge is 0.410 e. The van der Waals surface area contributed by atoms with Crippen molar-refractivity contribution in [3.8, 4) is 0 Å². The number of amides is 1. The first-order valence-corrected chi connectivity index (χ1v) is 14.9. The van der Waals surface area contributed by atoms with Crippen molar-refractivity contribution < 1.29 is 38.4 Å². The Labute approximate surface area is 246 Å². The highest BCUT2D eigenvalue weighted by Crippen LogP contribution is 2.34. The number of aliphatic hydroxyl groups excluding tert-OH is 1. The predicted molar refractivity (Wildman–Crippen MR) is 158 cm³/mol. The lowest BCUT2D eigenvalue weighted by Gasteiger charge is -2.41. The number of nitrogens with zero attached hydrogens (tertiary/aromatic N) is 1. The van der Waals surface area contributed by atoms with Gasteiger partial charge in [0, 0.05) is 45.6 Å². The van der Waals surface area contributed by atoms with Crippen molar-refractivity contribution in [2.24, 2.45) is 11.8 Å². The number of hydrogen-bond donors (Lipinski definition) is 2. The third-order valence-electron chi connectivity index (χ3n) is 7.92. The van der Waals surface area contributed by atoms with Gasteiger partial charge in [-0.2, -0.15) is 0 Å². The quantitative estimate of drug-likeness (QED) is 0.247. The molecule has 1 amide bonds. The van der Waals surface area contributed by atoms with Crippen molar-refractivity contribution in [3.63, 3.8) is 0 Å². The Hall–Kier alpha value is -1.98.